The van der Waals surface area contributed by atoms with Crippen LogP contribution in [0.5, 0.6) is 0 Å². The van der Waals surface area contributed by atoms with Crippen molar-refractivity contribution in [1.82, 2.24) is 14.1 Å². The summed E-state index contributed by atoms with van der Waals surface area (Å²) in [7, 11) is 2.06. The molecule has 0 radical (unpaired) electrons. The van der Waals surface area contributed by atoms with E-state index >= 15 is 0 Å². The Balaban J connectivity index is 1.66. The highest BCUT2D eigenvalue weighted by molar-refractivity contribution is 5.87. The number of nitriles is 1. The Morgan fingerprint density at radius 3 is 2.72 bits per heavy atom. The summed E-state index contributed by atoms with van der Waals surface area (Å²) in [5.41, 5.74) is 1.93. The second-order valence-electron chi connectivity index (χ2n) is 8.44. The summed E-state index contributed by atoms with van der Waals surface area (Å²) in [4.78, 5) is 29.8. The molecule has 8 nitrogen and oxygen atoms in total. The van der Waals surface area contributed by atoms with Gasteiger partial charge in [-0.1, -0.05) is 0 Å². The van der Waals surface area contributed by atoms with E-state index in [4.69, 9.17) is 11.1 Å². The minimum Gasteiger partial charge on any atom is -0.371 e. The number of anilines is 1. The number of hydrogen-bond acceptors (Lipinski definition) is 6. The van der Waals surface area contributed by atoms with Gasteiger partial charge in [0.2, 0.25) is 0 Å². The number of rotatable bonds is 6. The Bertz CT molecular complexity index is 1090. The second-order valence-corrected chi connectivity index (χ2v) is 8.44. The van der Waals surface area contributed by atoms with E-state index in [1.807, 2.05) is 19.1 Å². The summed E-state index contributed by atoms with van der Waals surface area (Å²) in [6.07, 6.45) is 3.53. The predicted molar refractivity (Wildman–Crippen MR) is 114 cm³/mol. The smallest absolute Gasteiger partial charge is 0.350 e. The van der Waals surface area contributed by atoms with E-state index in [-0.39, 0.29) is 6.04 Å². The van der Waals surface area contributed by atoms with E-state index in [9.17, 15) is 9.59 Å². The zero-order valence-corrected chi connectivity index (χ0v) is 17.1. The summed E-state index contributed by atoms with van der Waals surface area (Å²) in [6.45, 7) is 5.65. The second kappa shape index (κ2) is 7.56. The standard InChI is InChI=1S/C21H28N6O2/c1-14-18(25-11-8-15(13-25)12-24(2)10-3-9-22)7-6-17-19(14)26(16-4-5-16)21(29)27(23)20(17)28/h6-7,15-16H,3-5,8,10-13,23H2,1-2H3. The summed E-state index contributed by atoms with van der Waals surface area (Å²) in [5.74, 6) is 6.30. The van der Waals surface area contributed by atoms with E-state index in [1.54, 1.807) is 4.57 Å². The van der Waals surface area contributed by atoms with Crippen LogP contribution >= 0.6 is 0 Å². The van der Waals surface area contributed by atoms with Gasteiger partial charge in [-0.2, -0.15) is 9.94 Å². The van der Waals surface area contributed by atoms with Gasteiger partial charge in [0, 0.05) is 44.3 Å². The number of nitrogens with two attached hydrogens (primary N) is 1. The van der Waals surface area contributed by atoms with Gasteiger partial charge in [0.15, 0.2) is 0 Å². The van der Waals surface area contributed by atoms with Crippen LogP contribution in [0, 0.1) is 24.2 Å². The van der Waals surface area contributed by atoms with Crippen LogP contribution in [0.4, 0.5) is 5.69 Å². The SMILES string of the molecule is Cc1c(N2CCC(CN(C)CCC#N)C2)ccc2c(=O)n(N)c(=O)n(C3CC3)c12. The Morgan fingerprint density at radius 1 is 1.28 bits per heavy atom. The fourth-order valence-corrected chi connectivity index (χ4v) is 4.59. The first kappa shape index (κ1) is 19.5. The number of benzene rings is 1. The van der Waals surface area contributed by atoms with Crippen molar-refractivity contribution >= 4 is 16.6 Å². The number of hydrogen-bond donors (Lipinski definition) is 1. The van der Waals surface area contributed by atoms with Gasteiger partial charge in [-0.05, 0) is 56.8 Å². The maximum atomic E-state index is 12.7. The molecule has 2 fully saturated rings. The lowest BCUT2D eigenvalue weighted by molar-refractivity contribution is 0.292. The molecule has 2 heterocycles. The molecule has 0 bridgehead atoms. The zero-order valence-electron chi connectivity index (χ0n) is 17.1. The van der Waals surface area contributed by atoms with Crippen LogP contribution in [0.15, 0.2) is 21.7 Å². The molecular formula is C21H28N6O2. The summed E-state index contributed by atoms with van der Waals surface area (Å²) in [6, 6.07) is 6.13. The highest BCUT2D eigenvalue weighted by atomic mass is 16.2. The summed E-state index contributed by atoms with van der Waals surface area (Å²) < 4.78 is 2.46. The van der Waals surface area contributed by atoms with E-state index < -0.39 is 11.2 Å². The fourth-order valence-electron chi connectivity index (χ4n) is 4.59. The number of aryl methyl sites for hydroxylation is 1. The van der Waals surface area contributed by atoms with Crippen LogP contribution in [0.25, 0.3) is 10.9 Å². The van der Waals surface area contributed by atoms with Crippen molar-refractivity contribution in [2.75, 3.05) is 44.0 Å². The number of fused-ring (bicyclic) bond motifs is 1. The van der Waals surface area contributed by atoms with Gasteiger partial charge >= 0.3 is 5.69 Å². The minimum atomic E-state index is -0.435. The van der Waals surface area contributed by atoms with Crippen molar-refractivity contribution in [3.63, 3.8) is 0 Å². The zero-order chi connectivity index (χ0) is 20.7. The Kier molecular flexibility index (Phi) is 5.09. The third kappa shape index (κ3) is 3.51. The molecule has 1 aromatic heterocycles. The van der Waals surface area contributed by atoms with Gasteiger partial charge in [0.25, 0.3) is 5.56 Å². The molecule has 1 aromatic carbocycles. The quantitative estimate of drug-likeness (QED) is 0.736. The molecule has 1 aliphatic carbocycles. The van der Waals surface area contributed by atoms with Gasteiger partial charge in [-0.25, -0.2) is 4.79 Å². The maximum absolute atomic E-state index is 12.7. The van der Waals surface area contributed by atoms with E-state index in [0.717, 1.165) is 66.9 Å². The highest BCUT2D eigenvalue weighted by Crippen LogP contribution is 2.38. The first-order valence-electron chi connectivity index (χ1n) is 10.3. The normalized spacial score (nSPS) is 19.2. The lowest BCUT2D eigenvalue weighted by Crippen LogP contribution is -2.44. The Hall–Kier alpha value is -2.79. The monoisotopic (exact) mass is 396 g/mol. The maximum Gasteiger partial charge on any atom is 0.350 e. The first-order chi connectivity index (χ1) is 13.9. The van der Waals surface area contributed by atoms with Crippen molar-refractivity contribution in [3.05, 3.63) is 38.5 Å². The fraction of sp³-hybridized carbons (Fsp3) is 0.571. The first-order valence-corrected chi connectivity index (χ1v) is 10.3. The molecule has 29 heavy (non-hydrogen) atoms. The molecule has 1 atom stereocenters. The van der Waals surface area contributed by atoms with Gasteiger partial charge in [-0.3, -0.25) is 9.36 Å². The molecule has 0 amide bonds. The van der Waals surface area contributed by atoms with Crippen molar-refractivity contribution in [3.8, 4) is 6.07 Å². The molecule has 1 aliphatic heterocycles. The lowest BCUT2D eigenvalue weighted by atomic mass is 10.1. The molecule has 0 spiro atoms. The molecule has 8 heteroatoms. The van der Waals surface area contributed by atoms with E-state index in [0.29, 0.717) is 17.7 Å². The number of aromatic nitrogens is 2. The van der Waals surface area contributed by atoms with Crippen LogP contribution in [0.2, 0.25) is 0 Å². The van der Waals surface area contributed by atoms with Gasteiger partial charge in [0.1, 0.15) is 0 Å². The molecular weight excluding hydrogens is 368 g/mol. The Morgan fingerprint density at radius 2 is 2.03 bits per heavy atom. The van der Waals surface area contributed by atoms with Gasteiger partial charge in [0.05, 0.1) is 17.0 Å². The van der Waals surface area contributed by atoms with Crippen LogP contribution in [0.1, 0.15) is 37.3 Å². The average Bonchev–Trinajstić information content (AvgIpc) is 3.44. The topological polar surface area (TPSA) is 100 Å². The van der Waals surface area contributed by atoms with Crippen molar-refractivity contribution in [2.45, 2.75) is 38.6 Å². The third-order valence-electron chi connectivity index (χ3n) is 6.22. The highest BCUT2D eigenvalue weighted by Gasteiger charge is 2.30. The van der Waals surface area contributed by atoms with Gasteiger partial charge in [-0.15, -0.1) is 0 Å². The van der Waals surface area contributed by atoms with Gasteiger partial charge < -0.3 is 15.6 Å². The van der Waals surface area contributed by atoms with Crippen molar-refractivity contribution < 1.29 is 0 Å². The van der Waals surface area contributed by atoms with Crippen molar-refractivity contribution in [2.24, 2.45) is 5.92 Å². The van der Waals surface area contributed by atoms with E-state index in [2.05, 4.69) is 22.9 Å². The number of nitrogens with zero attached hydrogens (tertiary/aromatic N) is 5. The summed E-state index contributed by atoms with van der Waals surface area (Å²) in [5, 5.41) is 9.27. The Labute approximate surface area is 169 Å². The molecule has 2 aromatic rings. The third-order valence-corrected chi connectivity index (χ3v) is 6.22. The number of nitrogen functional groups attached to an aromatic ring is 1. The molecule has 1 saturated heterocycles. The molecule has 1 unspecified atom stereocenters. The molecule has 1 saturated carbocycles. The predicted octanol–water partition coefficient (Wildman–Crippen LogP) is 1.19. The van der Waals surface area contributed by atoms with Crippen LogP contribution in [-0.2, 0) is 0 Å². The minimum absolute atomic E-state index is 0.134. The molecule has 154 valence electrons. The largest absolute Gasteiger partial charge is 0.371 e. The van der Waals surface area contributed by atoms with Crippen LogP contribution in [-0.4, -0.2) is 47.4 Å². The molecule has 2 aliphatic rings. The average molecular weight is 396 g/mol. The van der Waals surface area contributed by atoms with Crippen LogP contribution in [0.3, 0.4) is 0 Å². The van der Waals surface area contributed by atoms with E-state index in [1.165, 1.54) is 0 Å². The molecule has 4 rings (SSSR count). The van der Waals surface area contributed by atoms with Crippen molar-refractivity contribution in [1.29, 1.82) is 5.26 Å². The lowest BCUT2D eigenvalue weighted by Gasteiger charge is -2.24. The molecule has 2 N–H and O–H groups in total. The van der Waals surface area contributed by atoms with Crippen LogP contribution < -0.4 is 22.0 Å². The summed E-state index contributed by atoms with van der Waals surface area (Å²) >= 11 is 0.